The van der Waals surface area contributed by atoms with E-state index >= 15 is 0 Å². The van der Waals surface area contributed by atoms with Gasteiger partial charge in [0.25, 0.3) is 0 Å². The van der Waals surface area contributed by atoms with E-state index in [1.165, 1.54) is 5.56 Å². The van der Waals surface area contributed by atoms with E-state index < -0.39 is 0 Å². The number of benzene rings is 1. The molecule has 0 aromatic heterocycles. The average Bonchev–Trinajstić information content (AvgIpc) is 2.19. The van der Waals surface area contributed by atoms with Crippen LogP contribution in [-0.4, -0.2) is 31.4 Å². The van der Waals surface area contributed by atoms with Crippen LogP contribution in [0.15, 0.2) is 12.1 Å². The molecular weight excluding hydrogens is 190 g/mol. The van der Waals surface area contributed by atoms with Gasteiger partial charge in [0.1, 0.15) is 12.4 Å². The van der Waals surface area contributed by atoms with Crippen molar-refractivity contribution in [3.8, 4) is 5.75 Å². The smallest absolute Gasteiger partial charge is 0.145 e. The first kappa shape index (κ1) is 10.3. The fourth-order valence-corrected chi connectivity index (χ4v) is 2.04. The molecule has 0 saturated carbocycles. The summed E-state index contributed by atoms with van der Waals surface area (Å²) < 4.78 is 5.68. The lowest BCUT2D eigenvalue weighted by Gasteiger charge is -2.35. The Morgan fingerprint density at radius 2 is 2.20 bits per heavy atom. The number of fused-ring (bicyclic) bond motifs is 1. The molecule has 82 valence electrons. The first-order chi connectivity index (χ1) is 7.13. The van der Waals surface area contributed by atoms with Gasteiger partial charge >= 0.3 is 0 Å². The van der Waals surface area contributed by atoms with Crippen LogP contribution in [0.2, 0.25) is 0 Å². The Balaban J connectivity index is 2.46. The van der Waals surface area contributed by atoms with Crippen molar-refractivity contribution in [2.24, 2.45) is 0 Å². The first-order valence-corrected chi connectivity index (χ1v) is 5.21. The third-order valence-corrected chi connectivity index (χ3v) is 2.96. The van der Waals surface area contributed by atoms with Crippen LogP contribution in [0, 0.1) is 13.8 Å². The molecule has 1 aromatic carbocycles. The van der Waals surface area contributed by atoms with Crippen LogP contribution in [0.4, 0.5) is 5.69 Å². The molecule has 0 fully saturated rings. The van der Waals surface area contributed by atoms with E-state index in [0.29, 0.717) is 6.61 Å². The highest BCUT2D eigenvalue weighted by Crippen LogP contribution is 2.36. The second kappa shape index (κ2) is 3.74. The maximum absolute atomic E-state index is 9.20. The SMILES string of the molecule is Cc1cc(C)c2c(c1)N(C)C(CO)CO2. The first-order valence-electron chi connectivity index (χ1n) is 5.21. The van der Waals surface area contributed by atoms with Crippen LogP contribution in [0.5, 0.6) is 5.75 Å². The molecule has 1 aliphatic heterocycles. The van der Waals surface area contributed by atoms with Gasteiger partial charge in [0.2, 0.25) is 0 Å². The van der Waals surface area contributed by atoms with Crippen molar-refractivity contribution in [3.05, 3.63) is 23.3 Å². The predicted octanol–water partition coefficient (Wildman–Crippen LogP) is 1.49. The van der Waals surface area contributed by atoms with Crippen LogP contribution in [0.25, 0.3) is 0 Å². The molecular formula is C12H17NO2. The number of hydrogen-bond donors (Lipinski definition) is 1. The fourth-order valence-electron chi connectivity index (χ4n) is 2.04. The summed E-state index contributed by atoms with van der Waals surface area (Å²) in [6, 6.07) is 4.29. The van der Waals surface area contributed by atoms with E-state index in [9.17, 15) is 5.11 Å². The Hall–Kier alpha value is -1.22. The highest BCUT2D eigenvalue weighted by atomic mass is 16.5. The minimum atomic E-state index is 0.0682. The molecule has 1 unspecified atom stereocenters. The zero-order chi connectivity index (χ0) is 11.0. The molecule has 3 heteroatoms. The van der Waals surface area contributed by atoms with Gasteiger partial charge in [0.05, 0.1) is 18.3 Å². The molecule has 0 bridgehead atoms. The monoisotopic (exact) mass is 207 g/mol. The maximum atomic E-state index is 9.20. The Labute approximate surface area is 90.3 Å². The number of hydrogen-bond acceptors (Lipinski definition) is 3. The zero-order valence-electron chi connectivity index (χ0n) is 9.45. The van der Waals surface area contributed by atoms with E-state index in [4.69, 9.17) is 4.74 Å². The zero-order valence-corrected chi connectivity index (χ0v) is 9.45. The highest BCUT2D eigenvalue weighted by molar-refractivity contribution is 5.64. The molecule has 2 rings (SSSR count). The quantitative estimate of drug-likeness (QED) is 0.757. The molecule has 1 N–H and O–H groups in total. The van der Waals surface area contributed by atoms with Crippen molar-refractivity contribution in [1.29, 1.82) is 0 Å². The molecule has 0 spiro atoms. The van der Waals surface area contributed by atoms with E-state index in [-0.39, 0.29) is 12.6 Å². The molecule has 15 heavy (non-hydrogen) atoms. The number of aryl methyl sites for hydroxylation is 2. The minimum Gasteiger partial charge on any atom is -0.489 e. The van der Waals surface area contributed by atoms with Crippen molar-refractivity contribution in [3.63, 3.8) is 0 Å². The van der Waals surface area contributed by atoms with Gasteiger partial charge in [-0.15, -0.1) is 0 Å². The Morgan fingerprint density at radius 3 is 2.87 bits per heavy atom. The number of likely N-dealkylation sites (N-methyl/N-ethyl adjacent to an activating group) is 1. The summed E-state index contributed by atoms with van der Waals surface area (Å²) in [5.74, 6) is 0.952. The van der Waals surface area contributed by atoms with Crippen molar-refractivity contribution < 1.29 is 9.84 Å². The molecule has 1 aromatic rings. The Kier molecular flexibility index (Phi) is 2.57. The summed E-state index contributed by atoms with van der Waals surface area (Å²) >= 11 is 0. The van der Waals surface area contributed by atoms with Crippen molar-refractivity contribution in [1.82, 2.24) is 0 Å². The van der Waals surface area contributed by atoms with Crippen LogP contribution < -0.4 is 9.64 Å². The Bertz CT molecular complexity index is 376. The maximum Gasteiger partial charge on any atom is 0.145 e. The molecule has 3 nitrogen and oxygen atoms in total. The lowest BCUT2D eigenvalue weighted by atomic mass is 10.1. The van der Waals surface area contributed by atoms with E-state index in [1.54, 1.807) is 0 Å². The molecule has 1 atom stereocenters. The summed E-state index contributed by atoms with van der Waals surface area (Å²) in [4.78, 5) is 2.10. The number of aliphatic hydroxyl groups is 1. The van der Waals surface area contributed by atoms with Crippen LogP contribution in [0.3, 0.4) is 0 Å². The van der Waals surface area contributed by atoms with Crippen molar-refractivity contribution in [2.45, 2.75) is 19.9 Å². The minimum absolute atomic E-state index is 0.0682. The average molecular weight is 207 g/mol. The van der Waals surface area contributed by atoms with E-state index in [1.807, 2.05) is 7.05 Å². The number of ether oxygens (including phenoxy) is 1. The molecule has 0 saturated heterocycles. The van der Waals surface area contributed by atoms with Gasteiger partial charge in [-0.3, -0.25) is 0 Å². The van der Waals surface area contributed by atoms with Crippen LogP contribution in [-0.2, 0) is 0 Å². The number of nitrogens with zero attached hydrogens (tertiary/aromatic N) is 1. The normalized spacial score (nSPS) is 19.7. The second-order valence-corrected chi connectivity index (χ2v) is 4.19. The fraction of sp³-hybridized carbons (Fsp3) is 0.500. The number of anilines is 1. The molecule has 0 amide bonds. The van der Waals surface area contributed by atoms with Gasteiger partial charge in [0.15, 0.2) is 0 Å². The molecule has 1 aliphatic rings. The third kappa shape index (κ3) is 1.67. The summed E-state index contributed by atoms with van der Waals surface area (Å²) in [6.07, 6.45) is 0. The van der Waals surface area contributed by atoms with Crippen LogP contribution in [0.1, 0.15) is 11.1 Å². The van der Waals surface area contributed by atoms with Gasteiger partial charge in [-0.05, 0) is 31.0 Å². The predicted molar refractivity (Wildman–Crippen MR) is 60.7 cm³/mol. The largest absolute Gasteiger partial charge is 0.489 e. The molecule has 0 radical (unpaired) electrons. The summed E-state index contributed by atoms with van der Waals surface area (Å²) in [5.41, 5.74) is 3.46. The number of rotatable bonds is 1. The van der Waals surface area contributed by atoms with Gasteiger partial charge in [-0.1, -0.05) is 6.07 Å². The van der Waals surface area contributed by atoms with Crippen molar-refractivity contribution in [2.75, 3.05) is 25.2 Å². The summed E-state index contributed by atoms with van der Waals surface area (Å²) in [5, 5.41) is 9.20. The third-order valence-electron chi connectivity index (χ3n) is 2.96. The number of aliphatic hydroxyl groups excluding tert-OH is 1. The van der Waals surface area contributed by atoms with Gasteiger partial charge < -0.3 is 14.7 Å². The summed E-state index contributed by atoms with van der Waals surface area (Å²) in [7, 11) is 2.00. The van der Waals surface area contributed by atoms with Gasteiger partial charge in [-0.2, -0.15) is 0 Å². The van der Waals surface area contributed by atoms with Gasteiger partial charge in [-0.25, -0.2) is 0 Å². The molecule has 0 aliphatic carbocycles. The highest BCUT2D eigenvalue weighted by Gasteiger charge is 2.25. The van der Waals surface area contributed by atoms with E-state index in [0.717, 1.165) is 17.0 Å². The standard InChI is InChI=1S/C12H17NO2/c1-8-4-9(2)12-11(5-8)13(3)10(6-14)7-15-12/h4-5,10,14H,6-7H2,1-3H3. The summed E-state index contributed by atoms with van der Waals surface area (Å²) in [6.45, 7) is 4.81. The van der Waals surface area contributed by atoms with Crippen LogP contribution >= 0.6 is 0 Å². The van der Waals surface area contributed by atoms with Crippen molar-refractivity contribution >= 4 is 5.69 Å². The Morgan fingerprint density at radius 1 is 1.47 bits per heavy atom. The lowest BCUT2D eigenvalue weighted by molar-refractivity contribution is 0.190. The topological polar surface area (TPSA) is 32.7 Å². The molecule has 1 heterocycles. The lowest BCUT2D eigenvalue weighted by Crippen LogP contribution is -2.43. The second-order valence-electron chi connectivity index (χ2n) is 4.19. The van der Waals surface area contributed by atoms with Gasteiger partial charge in [0, 0.05) is 7.05 Å². The van der Waals surface area contributed by atoms with E-state index in [2.05, 4.69) is 30.9 Å².